The molecule has 98 valence electrons. The third-order valence-electron chi connectivity index (χ3n) is 4.19. The van der Waals surface area contributed by atoms with Crippen molar-refractivity contribution in [3.63, 3.8) is 0 Å². The molecule has 0 aromatic carbocycles. The van der Waals surface area contributed by atoms with E-state index in [2.05, 4.69) is 6.92 Å². The maximum Gasteiger partial charge on any atom is 0.225 e. The highest BCUT2D eigenvalue weighted by molar-refractivity contribution is 5.79. The smallest absolute Gasteiger partial charge is 0.225 e. The van der Waals surface area contributed by atoms with Crippen molar-refractivity contribution in [1.82, 2.24) is 4.90 Å². The van der Waals surface area contributed by atoms with Gasteiger partial charge in [-0.05, 0) is 25.2 Å². The van der Waals surface area contributed by atoms with Crippen LogP contribution < -0.4 is 0 Å². The normalized spacial score (nSPS) is 22.7. The van der Waals surface area contributed by atoms with Gasteiger partial charge in [0.1, 0.15) is 0 Å². The number of rotatable bonds is 6. The molecule has 0 spiro atoms. The summed E-state index contributed by atoms with van der Waals surface area (Å²) >= 11 is 0. The first-order chi connectivity index (χ1) is 8.22. The molecular weight excluding hydrogens is 214 g/mol. The zero-order valence-corrected chi connectivity index (χ0v) is 10.9. The van der Waals surface area contributed by atoms with Crippen molar-refractivity contribution in [2.24, 2.45) is 11.8 Å². The molecule has 0 radical (unpaired) electrons. The highest BCUT2D eigenvalue weighted by atomic mass is 16.3. The number of hydrogen-bond donors (Lipinski definition) is 1. The van der Waals surface area contributed by atoms with Gasteiger partial charge in [-0.15, -0.1) is 0 Å². The quantitative estimate of drug-likeness (QED) is 0.772. The summed E-state index contributed by atoms with van der Waals surface area (Å²) in [5, 5.41) is 9.03. The Hall–Kier alpha value is -0.570. The van der Waals surface area contributed by atoms with Crippen LogP contribution in [0.15, 0.2) is 0 Å². The molecule has 0 bridgehead atoms. The minimum atomic E-state index is 0.0956. The molecular formula is C14H25NO2. The van der Waals surface area contributed by atoms with Gasteiger partial charge in [-0.25, -0.2) is 0 Å². The number of aliphatic hydroxyl groups is 1. The van der Waals surface area contributed by atoms with Crippen LogP contribution in [0.2, 0.25) is 0 Å². The van der Waals surface area contributed by atoms with Gasteiger partial charge in [-0.1, -0.05) is 32.6 Å². The minimum Gasteiger partial charge on any atom is -0.395 e. The average molecular weight is 239 g/mol. The summed E-state index contributed by atoms with van der Waals surface area (Å²) in [6.07, 6.45) is 8.60. The molecule has 17 heavy (non-hydrogen) atoms. The van der Waals surface area contributed by atoms with Crippen LogP contribution in [0.25, 0.3) is 0 Å². The fourth-order valence-corrected chi connectivity index (χ4v) is 3.10. The molecule has 0 aliphatic heterocycles. The summed E-state index contributed by atoms with van der Waals surface area (Å²) in [5.41, 5.74) is 0. The summed E-state index contributed by atoms with van der Waals surface area (Å²) in [6.45, 7) is 2.68. The van der Waals surface area contributed by atoms with Crippen molar-refractivity contribution < 1.29 is 9.90 Å². The minimum absolute atomic E-state index is 0.0956. The predicted molar refractivity (Wildman–Crippen MR) is 67.6 cm³/mol. The monoisotopic (exact) mass is 239 g/mol. The second-order valence-corrected chi connectivity index (χ2v) is 5.77. The largest absolute Gasteiger partial charge is 0.395 e. The highest BCUT2D eigenvalue weighted by Gasteiger charge is 2.34. The van der Waals surface area contributed by atoms with E-state index in [1.807, 2.05) is 4.90 Å². The van der Waals surface area contributed by atoms with Crippen molar-refractivity contribution in [3.05, 3.63) is 0 Å². The van der Waals surface area contributed by atoms with E-state index in [-0.39, 0.29) is 18.4 Å². The first-order valence-corrected chi connectivity index (χ1v) is 7.13. The number of aliphatic hydroxyl groups excluding tert-OH is 1. The SMILES string of the molecule is CC(CC1CCCC1)C(=O)N(CCO)C1CC1. The second kappa shape index (κ2) is 5.85. The fraction of sp³-hybridized carbons (Fsp3) is 0.929. The van der Waals surface area contributed by atoms with E-state index in [1.54, 1.807) is 0 Å². The Kier molecular flexibility index (Phi) is 4.43. The van der Waals surface area contributed by atoms with Crippen LogP contribution in [-0.2, 0) is 4.79 Å². The van der Waals surface area contributed by atoms with Gasteiger partial charge >= 0.3 is 0 Å². The van der Waals surface area contributed by atoms with Gasteiger partial charge in [-0.2, -0.15) is 0 Å². The zero-order valence-electron chi connectivity index (χ0n) is 10.9. The molecule has 0 aromatic rings. The Balaban J connectivity index is 1.83. The van der Waals surface area contributed by atoms with Crippen LogP contribution in [-0.4, -0.2) is 35.1 Å². The maximum absolute atomic E-state index is 12.3. The average Bonchev–Trinajstić information content (AvgIpc) is 3.03. The zero-order chi connectivity index (χ0) is 12.3. The van der Waals surface area contributed by atoms with E-state index in [4.69, 9.17) is 5.11 Å². The van der Waals surface area contributed by atoms with Gasteiger partial charge in [0.15, 0.2) is 0 Å². The van der Waals surface area contributed by atoms with E-state index in [0.717, 1.165) is 25.2 Å². The molecule has 1 N–H and O–H groups in total. The van der Waals surface area contributed by atoms with Crippen LogP contribution in [0, 0.1) is 11.8 Å². The topological polar surface area (TPSA) is 40.5 Å². The lowest BCUT2D eigenvalue weighted by Gasteiger charge is -2.26. The van der Waals surface area contributed by atoms with Gasteiger partial charge < -0.3 is 10.0 Å². The highest BCUT2D eigenvalue weighted by Crippen LogP contribution is 2.33. The lowest BCUT2D eigenvalue weighted by molar-refractivity contribution is -0.136. The van der Waals surface area contributed by atoms with Crippen LogP contribution in [0.1, 0.15) is 51.9 Å². The summed E-state index contributed by atoms with van der Waals surface area (Å²) in [6, 6.07) is 0.431. The first kappa shape index (κ1) is 12.9. The number of amides is 1. The molecule has 0 aromatic heterocycles. The predicted octanol–water partition coefficient (Wildman–Crippen LogP) is 2.19. The molecule has 2 saturated carbocycles. The molecule has 0 heterocycles. The maximum atomic E-state index is 12.3. The van der Waals surface area contributed by atoms with E-state index in [1.165, 1.54) is 25.7 Å². The van der Waals surface area contributed by atoms with Gasteiger partial charge in [0.2, 0.25) is 5.91 Å². The first-order valence-electron chi connectivity index (χ1n) is 7.13. The third kappa shape index (κ3) is 3.44. The van der Waals surface area contributed by atoms with Crippen molar-refractivity contribution in [1.29, 1.82) is 0 Å². The van der Waals surface area contributed by atoms with Crippen molar-refractivity contribution in [2.45, 2.75) is 57.9 Å². The number of carbonyl (C=O) groups excluding carboxylic acids is 1. The van der Waals surface area contributed by atoms with Crippen LogP contribution >= 0.6 is 0 Å². The van der Waals surface area contributed by atoms with E-state index >= 15 is 0 Å². The Morgan fingerprint density at radius 2 is 1.94 bits per heavy atom. The number of nitrogens with zero attached hydrogens (tertiary/aromatic N) is 1. The second-order valence-electron chi connectivity index (χ2n) is 5.77. The molecule has 2 aliphatic rings. The Morgan fingerprint density at radius 3 is 2.47 bits per heavy atom. The summed E-state index contributed by atoms with van der Waals surface area (Å²) in [5.74, 6) is 1.18. The Bertz CT molecular complexity index is 257. The molecule has 0 saturated heterocycles. The standard InChI is InChI=1S/C14H25NO2/c1-11(10-12-4-2-3-5-12)14(17)15(8-9-16)13-6-7-13/h11-13,16H,2-10H2,1H3. The lowest BCUT2D eigenvalue weighted by Crippen LogP contribution is -2.39. The van der Waals surface area contributed by atoms with Crippen molar-refractivity contribution in [3.8, 4) is 0 Å². The fourth-order valence-electron chi connectivity index (χ4n) is 3.10. The summed E-state index contributed by atoms with van der Waals surface area (Å²) in [7, 11) is 0. The van der Waals surface area contributed by atoms with E-state index in [0.29, 0.717) is 12.6 Å². The van der Waals surface area contributed by atoms with E-state index < -0.39 is 0 Å². The van der Waals surface area contributed by atoms with Gasteiger partial charge in [0, 0.05) is 18.5 Å². The molecule has 1 amide bonds. The molecule has 2 fully saturated rings. The molecule has 3 nitrogen and oxygen atoms in total. The van der Waals surface area contributed by atoms with Crippen LogP contribution in [0.5, 0.6) is 0 Å². The number of carbonyl (C=O) groups is 1. The number of hydrogen-bond acceptors (Lipinski definition) is 2. The van der Waals surface area contributed by atoms with Crippen LogP contribution in [0.3, 0.4) is 0 Å². The Labute approximate surface area is 104 Å². The van der Waals surface area contributed by atoms with Gasteiger partial charge in [-0.3, -0.25) is 4.79 Å². The molecule has 1 atom stereocenters. The summed E-state index contributed by atoms with van der Waals surface area (Å²) < 4.78 is 0. The molecule has 2 aliphatic carbocycles. The molecule has 3 heteroatoms. The third-order valence-corrected chi connectivity index (χ3v) is 4.19. The van der Waals surface area contributed by atoms with Crippen molar-refractivity contribution >= 4 is 5.91 Å². The summed E-state index contributed by atoms with van der Waals surface area (Å²) in [4.78, 5) is 14.2. The van der Waals surface area contributed by atoms with E-state index in [9.17, 15) is 4.79 Å². The van der Waals surface area contributed by atoms with Gasteiger partial charge in [0.05, 0.1) is 6.61 Å². The molecule has 1 unspecified atom stereocenters. The van der Waals surface area contributed by atoms with Gasteiger partial charge in [0.25, 0.3) is 0 Å². The molecule has 2 rings (SSSR count). The Morgan fingerprint density at radius 1 is 1.29 bits per heavy atom. The van der Waals surface area contributed by atoms with Crippen LogP contribution in [0.4, 0.5) is 0 Å². The van der Waals surface area contributed by atoms with Crippen molar-refractivity contribution in [2.75, 3.05) is 13.2 Å². The lowest BCUT2D eigenvalue weighted by atomic mass is 9.93.